The van der Waals surface area contributed by atoms with Gasteiger partial charge >= 0.3 is 24.0 Å². The summed E-state index contributed by atoms with van der Waals surface area (Å²) in [7, 11) is 0. The Kier molecular flexibility index (Phi) is 13.0. The predicted molar refractivity (Wildman–Crippen MR) is 228 cm³/mol. The van der Waals surface area contributed by atoms with E-state index >= 15 is 4.79 Å². The van der Waals surface area contributed by atoms with Gasteiger partial charge < -0.3 is 49.1 Å². The molecule has 3 aliphatic carbocycles. The van der Waals surface area contributed by atoms with Gasteiger partial charge in [-0.3, -0.25) is 14.5 Å². The Balaban J connectivity index is 1.40. The van der Waals surface area contributed by atoms with Crippen LogP contribution in [0.5, 0.6) is 0 Å². The van der Waals surface area contributed by atoms with Crippen molar-refractivity contribution in [1.82, 2.24) is 10.2 Å². The largest absolute Gasteiger partial charge is 0.456 e. The predicted octanol–water partition coefficient (Wildman–Crippen LogP) is 3.85. The molecule has 64 heavy (non-hydrogen) atoms. The number of amides is 1. The molecule has 0 unspecified atom stereocenters. The zero-order valence-electron chi connectivity index (χ0n) is 37.8. The number of rotatable bonds is 10. The van der Waals surface area contributed by atoms with E-state index in [1.54, 1.807) is 97.0 Å². The number of nitrogens with zero attached hydrogens (tertiary/aromatic N) is 1. The van der Waals surface area contributed by atoms with Gasteiger partial charge in [0.2, 0.25) is 0 Å². The summed E-state index contributed by atoms with van der Waals surface area (Å²) in [5.74, 6) is -5.64. The lowest BCUT2D eigenvalue weighted by atomic mass is 9.43. The molecule has 2 saturated carbocycles. The molecule has 1 amide bonds. The number of ketones is 1. The van der Waals surface area contributed by atoms with Crippen LogP contribution in [0.25, 0.3) is 0 Å². The number of carbonyl (C=O) groups is 5. The van der Waals surface area contributed by atoms with E-state index in [4.69, 9.17) is 28.4 Å². The van der Waals surface area contributed by atoms with Crippen LogP contribution < -0.4 is 5.32 Å². The fourth-order valence-electron chi connectivity index (χ4n) is 11.0. The lowest BCUT2D eigenvalue weighted by Crippen LogP contribution is -2.81. The Bertz CT molecular complexity index is 2130. The molecular formula is C48H62N2O14. The topological polar surface area (TPSA) is 217 Å². The number of hydrogen-bond donors (Lipinski definition) is 4. The van der Waals surface area contributed by atoms with Crippen molar-refractivity contribution < 1.29 is 67.7 Å². The summed E-state index contributed by atoms with van der Waals surface area (Å²) in [5.41, 5.74) is -6.75. The first kappa shape index (κ1) is 47.3. The lowest BCUT2D eigenvalue weighted by molar-refractivity contribution is -0.345. The zero-order valence-corrected chi connectivity index (χ0v) is 37.8. The highest BCUT2D eigenvalue weighted by molar-refractivity contribution is 5.93. The highest BCUT2D eigenvalue weighted by atomic mass is 16.6. The smallest absolute Gasteiger partial charge is 0.408 e. The minimum atomic E-state index is -2.24. The summed E-state index contributed by atoms with van der Waals surface area (Å²) in [6.45, 7) is 14.7. The Morgan fingerprint density at radius 1 is 0.969 bits per heavy atom. The van der Waals surface area contributed by atoms with Gasteiger partial charge in [-0.2, -0.15) is 0 Å². The Labute approximate surface area is 373 Å². The minimum absolute atomic E-state index is 0.0897. The Hall–Kier alpha value is -4.71. The molecule has 7 rings (SSSR count). The van der Waals surface area contributed by atoms with Crippen molar-refractivity contribution in [2.45, 2.75) is 122 Å². The molecule has 2 bridgehead atoms. The number of alkyl carbamates (subject to hydrolysis) is 1. The number of hydrogen-bond acceptors (Lipinski definition) is 15. The first-order chi connectivity index (χ1) is 30.0. The van der Waals surface area contributed by atoms with E-state index in [1.165, 1.54) is 19.1 Å². The Morgan fingerprint density at radius 2 is 1.59 bits per heavy atom. The number of esters is 3. The summed E-state index contributed by atoms with van der Waals surface area (Å²) in [6.07, 6.45) is -8.82. The number of ether oxygens (including phenoxy) is 6. The summed E-state index contributed by atoms with van der Waals surface area (Å²) >= 11 is 0. The molecule has 2 aromatic carbocycles. The fraction of sp³-hybridized carbons (Fsp3) is 0.604. The molecule has 11 atom stereocenters. The van der Waals surface area contributed by atoms with Crippen LogP contribution in [0.4, 0.5) is 4.79 Å². The second kappa shape index (κ2) is 17.6. The van der Waals surface area contributed by atoms with Crippen LogP contribution in [0, 0.1) is 22.7 Å². The second-order valence-corrected chi connectivity index (χ2v) is 19.6. The molecule has 2 aromatic rings. The average Bonchev–Trinajstić information content (AvgIpc) is 3.23. The number of nitrogens with one attached hydrogen (secondary N) is 1. The van der Waals surface area contributed by atoms with Crippen molar-refractivity contribution in [3.8, 4) is 0 Å². The highest BCUT2D eigenvalue weighted by Crippen LogP contribution is 2.65. The molecule has 2 heterocycles. The van der Waals surface area contributed by atoms with Gasteiger partial charge in [0.25, 0.3) is 0 Å². The van der Waals surface area contributed by atoms with Gasteiger partial charge in [-0.15, -0.1) is 0 Å². The summed E-state index contributed by atoms with van der Waals surface area (Å²) in [5, 5.41) is 40.7. The van der Waals surface area contributed by atoms with Crippen LogP contribution in [-0.4, -0.2) is 137 Å². The van der Waals surface area contributed by atoms with E-state index in [0.29, 0.717) is 43.0 Å². The maximum atomic E-state index is 16.0. The van der Waals surface area contributed by atoms with E-state index in [1.807, 2.05) is 0 Å². The van der Waals surface area contributed by atoms with E-state index in [2.05, 4.69) is 10.2 Å². The van der Waals surface area contributed by atoms with Crippen molar-refractivity contribution >= 4 is 29.8 Å². The number of benzene rings is 2. The van der Waals surface area contributed by atoms with Crippen LogP contribution in [-0.2, 0) is 42.8 Å². The number of fused-ring (bicyclic) bond motifs is 5. The minimum Gasteiger partial charge on any atom is -0.456 e. The van der Waals surface area contributed by atoms with E-state index in [0.717, 1.165) is 0 Å². The van der Waals surface area contributed by atoms with Crippen molar-refractivity contribution in [1.29, 1.82) is 0 Å². The molecule has 16 nitrogen and oxygen atoms in total. The first-order valence-corrected chi connectivity index (χ1v) is 22.0. The molecule has 0 aromatic heterocycles. The SMILES string of the molecule is CC(=O)O[C@@]12CO[C@@H]1C[C@H](O)[C@@]1(C)C(=O)[C@H](CN3CCOCC3)C3=C(C)[C@@H](OC(=O)[C@H](O)[C@@H](NC(=O)OC(C)(C)C)c4ccccc4)C[C@@](O)([C@@H](OC(=O)c4ccccc4)[C@H]21)C3(C)C. The van der Waals surface area contributed by atoms with Gasteiger partial charge in [-0.05, 0) is 63.5 Å². The van der Waals surface area contributed by atoms with Gasteiger partial charge in [-0.1, -0.05) is 62.4 Å². The van der Waals surface area contributed by atoms with Crippen molar-refractivity contribution in [2.75, 3.05) is 39.5 Å². The van der Waals surface area contributed by atoms with Gasteiger partial charge in [0.1, 0.15) is 35.3 Å². The molecule has 5 aliphatic rings. The van der Waals surface area contributed by atoms with Crippen LogP contribution >= 0.6 is 0 Å². The molecule has 2 aliphatic heterocycles. The highest BCUT2D eigenvalue weighted by Gasteiger charge is 2.78. The normalized spacial score (nSPS) is 33.4. The third kappa shape index (κ3) is 8.37. The molecule has 4 fully saturated rings. The lowest BCUT2D eigenvalue weighted by Gasteiger charge is -2.67. The number of Topliss-reactive ketones (excluding diaryl/α,β-unsaturated/α-hetero) is 1. The number of morpholine rings is 1. The quantitative estimate of drug-likeness (QED) is 0.151. The van der Waals surface area contributed by atoms with E-state index in [-0.39, 0.29) is 25.1 Å². The van der Waals surface area contributed by atoms with Crippen LogP contribution in [0.3, 0.4) is 0 Å². The molecule has 0 radical (unpaired) electrons. The van der Waals surface area contributed by atoms with Crippen molar-refractivity contribution in [3.05, 3.63) is 82.9 Å². The maximum absolute atomic E-state index is 16.0. The fourth-order valence-corrected chi connectivity index (χ4v) is 11.0. The average molecular weight is 891 g/mol. The number of aliphatic hydroxyl groups excluding tert-OH is 2. The van der Waals surface area contributed by atoms with Gasteiger partial charge in [0.15, 0.2) is 11.7 Å². The standard InChI is InChI=1S/C48H62N2O14/c1-27-32(61-42(56)37(53)36(29-15-11-9-12-16-29)49-43(57)64-44(3,4)5)24-48(58)40(62-41(55)30-17-13-10-14-18-30)38-46(8,33(52)23-34-47(38,26-60-34)63-28(2)51)39(54)31(35(27)45(48,6)7)25-50-19-21-59-22-20-50/h9-18,31-34,36-38,40,52-53,58H,19-26H2,1-8H3,(H,49,57)/t31-,32+,33+,34-,36+,37-,38+,40+,46-,47+,48-/m1/s1. The zero-order chi connectivity index (χ0) is 46.6. The van der Waals surface area contributed by atoms with Crippen LogP contribution in [0.1, 0.15) is 90.2 Å². The second-order valence-electron chi connectivity index (χ2n) is 19.6. The van der Waals surface area contributed by atoms with Gasteiger partial charge in [0.05, 0.1) is 54.8 Å². The third-order valence-corrected chi connectivity index (χ3v) is 14.3. The van der Waals surface area contributed by atoms with E-state index in [9.17, 15) is 34.5 Å². The number of aliphatic hydroxyl groups is 3. The number of carbonyl (C=O) groups excluding carboxylic acids is 5. The molecular weight excluding hydrogens is 829 g/mol. The Morgan fingerprint density at radius 3 is 2.17 bits per heavy atom. The molecule has 0 spiro atoms. The maximum Gasteiger partial charge on any atom is 0.408 e. The van der Waals surface area contributed by atoms with Crippen LogP contribution in [0.2, 0.25) is 0 Å². The first-order valence-electron chi connectivity index (χ1n) is 22.0. The van der Waals surface area contributed by atoms with Gasteiger partial charge in [0, 0.05) is 44.8 Å². The van der Waals surface area contributed by atoms with Crippen molar-refractivity contribution in [3.63, 3.8) is 0 Å². The molecule has 4 N–H and O–H groups in total. The molecule has 16 heteroatoms. The van der Waals surface area contributed by atoms with Crippen LogP contribution in [0.15, 0.2) is 71.8 Å². The molecule has 2 saturated heterocycles. The van der Waals surface area contributed by atoms with Crippen molar-refractivity contribution in [2.24, 2.45) is 22.7 Å². The third-order valence-electron chi connectivity index (χ3n) is 14.3. The van der Waals surface area contributed by atoms with E-state index < -0.39 is 112 Å². The van der Waals surface area contributed by atoms with Gasteiger partial charge in [-0.25, -0.2) is 14.4 Å². The summed E-state index contributed by atoms with van der Waals surface area (Å²) in [6, 6.07) is 15.1. The summed E-state index contributed by atoms with van der Waals surface area (Å²) < 4.78 is 36.1. The molecule has 348 valence electrons. The monoisotopic (exact) mass is 890 g/mol. The summed E-state index contributed by atoms with van der Waals surface area (Å²) in [4.78, 5) is 73.2.